The third-order valence-electron chi connectivity index (χ3n) is 5.45. The zero-order valence-corrected chi connectivity index (χ0v) is 18.6. The van der Waals surface area contributed by atoms with E-state index in [2.05, 4.69) is 0 Å². The molecule has 0 atom stereocenters. The third-order valence-corrected chi connectivity index (χ3v) is 5.45. The quantitative estimate of drug-likeness (QED) is 0.645. The third kappa shape index (κ3) is 4.76. The molecule has 9 heteroatoms. The monoisotopic (exact) mass is 430 g/mol. The zero-order valence-electron chi connectivity index (χ0n) is 18.6. The molecule has 0 bridgehead atoms. The molecule has 31 heavy (non-hydrogen) atoms. The van der Waals surface area contributed by atoms with Crippen molar-refractivity contribution in [3.8, 4) is 11.5 Å². The van der Waals surface area contributed by atoms with Crippen LogP contribution in [-0.4, -0.2) is 59.3 Å². The second-order valence-electron chi connectivity index (χ2n) is 7.40. The first kappa shape index (κ1) is 22.5. The van der Waals surface area contributed by atoms with Crippen LogP contribution in [0.25, 0.3) is 0 Å². The number of anilines is 1. The van der Waals surface area contributed by atoms with Gasteiger partial charge in [0.1, 0.15) is 5.82 Å². The molecule has 0 aliphatic carbocycles. The Morgan fingerprint density at radius 2 is 1.65 bits per heavy atom. The Morgan fingerprint density at radius 1 is 0.968 bits per heavy atom. The van der Waals surface area contributed by atoms with E-state index in [1.54, 1.807) is 11.9 Å². The van der Waals surface area contributed by atoms with Gasteiger partial charge in [-0.05, 0) is 19.9 Å². The number of hydrogen-bond acceptors (Lipinski definition) is 6. The summed E-state index contributed by atoms with van der Waals surface area (Å²) >= 11 is 0. The van der Waals surface area contributed by atoms with E-state index < -0.39 is 0 Å². The lowest BCUT2D eigenvalue weighted by Crippen LogP contribution is -2.51. The highest BCUT2D eigenvalue weighted by atomic mass is 16.5. The minimum Gasteiger partial charge on any atom is -0.490 e. The fourth-order valence-corrected chi connectivity index (χ4v) is 3.76. The van der Waals surface area contributed by atoms with E-state index in [0.29, 0.717) is 56.7 Å². The van der Waals surface area contributed by atoms with Gasteiger partial charge in [0, 0.05) is 51.9 Å². The summed E-state index contributed by atoms with van der Waals surface area (Å²) in [6.07, 6.45) is 0.223. The fraction of sp³-hybridized carbons (Fsp3) is 0.500. The molecule has 1 amide bonds. The Hall–Kier alpha value is -3.23. The Morgan fingerprint density at radius 3 is 2.29 bits per heavy atom. The molecule has 0 N–H and O–H groups in total. The van der Waals surface area contributed by atoms with Crippen LogP contribution in [0.2, 0.25) is 0 Å². The summed E-state index contributed by atoms with van der Waals surface area (Å²) in [6.45, 7) is 6.93. The predicted octanol–water partition coefficient (Wildman–Crippen LogP) is 0.773. The van der Waals surface area contributed by atoms with E-state index in [4.69, 9.17) is 9.47 Å². The van der Waals surface area contributed by atoms with Gasteiger partial charge >= 0.3 is 5.69 Å². The first-order valence-electron chi connectivity index (χ1n) is 10.5. The normalized spacial score (nSPS) is 13.9. The minimum absolute atomic E-state index is 0.00659. The highest BCUT2D eigenvalue weighted by Gasteiger charge is 2.24. The average Bonchev–Trinajstić information content (AvgIpc) is 2.77. The Labute approximate surface area is 181 Å². The lowest BCUT2D eigenvalue weighted by Gasteiger charge is -2.36. The van der Waals surface area contributed by atoms with Gasteiger partial charge in [0.25, 0.3) is 5.56 Å². The molecule has 1 aliphatic heterocycles. The number of aromatic nitrogens is 2. The van der Waals surface area contributed by atoms with E-state index in [1.807, 2.05) is 36.9 Å². The van der Waals surface area contributed by atoms with Crippen molar-refractivity contribution in [3.05, 3.63) is 50.7 Å². The van der Waals surface area contributed by atoms with Gasteiger partial charge in [-0.25, -0.2) is 4.79 Å². The molecule has 1 aliphatic rings. The summed E-state index contributed by atoms with van der Waals surface area (Å²) in [5.74, 6) is 1.84. The van der Waals surface area contributed by atoms with Crippen molar-refractivity contribution in [2.45, 2.75) is 20.3 Å². The number of para-hydroxylation sites is 1. The smallest absolute Gasteiger partial charge is 0.332 e. The number of hydrogen-bond donors (Lipinski definition) is 0. The number of benzene rings is 1. The van der Waals surface area contributed by atoms with Gasteiger partial charge in [0.15, 0.2) is 11.5 Å². The summed E-state index contributed by atoms with van der Waals surface area (Å²) in [5, 5.41) is 0. The standard InChI is InChI=1S/C22H30N4O5/c1-5-30-17-9-7-8-16(21(17)31-6-2)14-20(28)26-12-10-25(11-13-26)18-15-19(27)24(4)22(29)23(18)3/h7-9,15H,5-6,10-14H2,1-4H3. The minimum atomic E-state index is -0.362. The fourth-order valence-electron chi connectivity index (χ4n) is 3.76. The second kappa shape index (κ2) is 9.72. The van der Waals surface area contributed by atoms with Crippen molar-refractivity contribution >= 4 is 11.7 Å². The van der Waals surface area contributed by atoms with Crippen molar-refractivity contribution < 1.29 is 14.3 Å². The first-order chi connectivity index (χ1) is 14.9. The van der Waals surface area contributed by atoms with Crippen LogP contribution in [0, 0.1) is 0 Å². The van der Waals surface area contributed by atoms with Crippen LogP contribution >= 0.6 is 0 Å². The van der Waals surface area contributed by atoms with Crippen molar-refractivity contribution in [1.29, 1.82) is 0 Å². The molecule has 0 saturated carbocycles. The molecule has 3 rings (SSSR count). The Bertz CT molecular complexity index is 1050. The first-order valence-corrected chi connectivity index (χ1v) is 10.5. The number of rotatable bonds is 7. The van der Waals surface area contributed by atoms with Crippen molar-refractivity contribution in [3.63, 3.8) is 0 Å². The molecule has 2 aromatic rings. The van der Waals surface area contributed by atoms with Gasteiger partial charge in [-0.1, -0.05) is 12.1 Å². The number of nitrogens with zero attached hydrogens (tertiary/aromatic N) is 4. The van der Waals surface area contributed by atoms with E-state index >= 15 is 0 Å². The number of carbonyl (C=O) groups excluding carboxylic acids is 1. The summed E-state index contributed by atoms with van der Waals surface area (Å²) < 4.78 is 14.0. The largest absolute Gasteiger partial charge is 0.490 e. The van der Waals surface area contributed by atoms with Crippen LogP contribution in [0.3, 0.4) is 0 Å². The molecule has 0 radical (unpaired) electrons. The molecule has 0 spiro atoms. The molecule has 1 aromatic carbocycles. The number of ether oxygens (including phenoxy) is 2. The van der Waals surface area contributed by atoms with Crippen LogP contribution in [-0.2, 0) is 25.3 Å². The topological polar surface area (TPSA) is 86.0 Å². The van der Waals surface area contributed by atoms with Gasteiger partial charge < -0.3 is 19.3 Å². The predicted molar refractivity (Wildman–Crippen MR) is 118 cm³/mol. The molecular weight excluding hydrogens is 400 g/mol. The summed E-state index contributed by atoms with van der Waals surface area (Å²) in [6, 6.07) is 7.06. The SMILES string of the molecule is CCOc1cccc(CC(=O)N2CCN(c3cc(=O)n(C)c(=O)n3C)CC2)c1OCC. The maximum Gasteiger partial charge on any atom is 0.332 e. The van der Waals surface area contributed by atoms with Crippen LogP contribution in [0.1, 0.15) is 19.4 Å². The molecule has 0 unspecified atom stereocenters. The maximum atomic E-state index is 13.0. The van der Waals surface area contributed by atoms with E-state index in [-0.39, 0.29) is 23.6 Å². The van der Waals surface area contributed by atoms with Crippen LogP contribution in [0.15, 0.2) is 33.9 Å². The average molecular weight is 431 g/mol. The van der Waals surface area contributed by atoms with Gasteiger partial charge in [-0.2, -0.15) is 0 Å². The van der Waals surface area contributed by atoms with E-state index in [1.165, 1.54) is 17.7 Å². The van der Waals surface area contributed by atoms with Gasteiger partial charge in [0.05, 0.1) is 19.6 Å². The summed E-state index contributed by atoms with van der Waals surface area (Å²) in [7, 11) is 3.11. The van der Waals surface area contributed by atoms with E-state index in [9.17, 15) is 14.4 Å². The van der Waals surface area contributed by atoms with Crippen LogP contribution in [0.5, 0.6) is 11.5 Å². The second-order valence-corrected chi connectivity index (χ2v) is 7.40. The lowest BCUT2D eigenvalue weighted by atomic mass is 10.1. The summed E-state index contributed by atoms with van der Waals surface area (Å²) in [5.41, 5.74) is 0.0991. The van der Waals surface area contributed by atoms with Crippen molar-refractivity contribution in [2.24, 2.45) is 14.1 Å². The molecule has 9 nitrogen and oxygen atoms in total. The maximum absolute atomic E-state index is 13.0. The van der Waals surface area contributed by atoms with E-state index in [0.717, 1.165) is 10.1 Å². The van der Waals surface area contributed by atoms with Gasteiger partial charge in [-0.15, -0.1) is 0 Å². The number of piperazine rings is 1. The van der Waals surface area contributed by atoms with Crippen LogP contribution in [0.4, 0.5) is 5.82 Å². The lowest BCUT2D eigenvalue weighted by molar-refractivity contribution is -0.130. The number of amides is 1. The summed E-state index contributed by atoms with van der Waals surface area (Å²) in [4.78, 5) is 41.0. The van der Waals surface area contributed by atoms with Crippen molar-refractivity contribution in [2.75, 3.05) is 44.3 Å². The van der Waals surface area contributed by atoms with Gasteiger partial charge in [-0.3, -0.25) is 18.7 Å². The molecular formula is C22H30N4O5. The van der Waals surface area contributed by atoms with Gasteiger partial charge in [0.2, 0.25) is 5.91 Å². The molecule has 168 valence electrons. The molecule has 1 aromatic heterocycles. The molecule has 1 saturated heterocycles. The highest BCUT2D eigenvalue weighted by Crippen LogP contribution is 2.32. The Balaban J connectivity index is 1.70. The Kier molecular flexibility index (Phi) is 7.04. The van der Waals surface area contributed by atoms with Crippen LogP contribution < -0.4 is 25.6 Å². The molecule has 1 fully saturated rings. The molecule has 2 heterocycles. The number of carbonyl (C=O) groups is 1. The highest BCUT2D eigenvalue weighted by molar-refractivity contribution is 5.80. The zero-order chi connectivity index (χ0) is 22.5. The van der Waals surface area contributed by atoms with Crippen molar-refractivity contribution in [1.82, 2.24) is 14.0 Å².